The molecule has 2 aromatic rings. The second kappa shape index (κ2) is 10.4. The number of rotatable bonds is 8. The van der Waals surface area contributed by atoms with Crippen molar-refractivity contribution in [1.29, 1.82) is 0 Å². The van der Waals surface area contributed by atoms with E-state index in [0.29, 0.717) is 12.1 Å². The molecule has 0 bridgehead atoms. The Hall–Kier alpha value is -3.22. The van der Waals surface area contributed by atoms with Crippen molar-refractivity contribution in [3.05, 3.63) is 70.5 Å². The fraction of sp³-hybridized carbons (Fsp3) is 0.318. The first-order valence-corrected chi connectivity index (χ1v) is 9.33. The van der Waals surface area contributed by atoms with Crippen molar-refractivity contribution >= 4 is 17.8 Å². The lowest BCUT2D eigenvalue weighted by atomic mass is 10.1. The van der Waals surface area contributed by atoms with Crippen LogP contribution in [0.4, 0.5) is 4.39 Å². The highest BCUT2D eigenvalue weighted by atomic mass is 19.1. The van der Waals surface area contributed by atoms with Crippen LogP contribution in [-0.2, 0) is 20.9 Å². The monoisotopic (exact) mass is 400 g/mol. The molecule has 2 aromatic carbocycles. The van der Waals surface area contributed by atoms with Gasteiger partial charge in [-0.1, -0.05) is 29.8 Å². The number of hydrogen-bond donors (Lipinski definition) is 1. The third kappa shape index (κ3) is 6.71. The molecule has 2 amide bonds. The Balaban J connectivity index is 1.84. The summed E-state index contributed by atoms with van der Waals surface area (Å²) in [6.45, 7) is 5.32. The fourth-order valence-corrected chi connectivity index (χ4v) is 2.66. The van der Waals surface area contributed by atoms with Gasteiger partial charge in [0.2, 0.25) is 5.91 Å². The summed E-state index contributed by atoms with van der Waals surface area (Å²) in [5, 5.41) is 2.68. The van der Waals surface area contributed by atoms with Crippen LogP contribution in [0.15, 0.2) is 42.5 Å². The summed E-state index contributed by atoms with van der Waals surface area (Å²) < 4.78 is 18.0. The van der Waals surface area contributed by atoms with Crippen LogP contribution in [0, 0.1) is 19.7 Å². The quantitative estimate of drug-likeness (QED) is 0.692. The molecule has 2 rings (SSSR count). The second-order valence-electron chi connectivity index (χ2n) is 6.71. The van der Waals surface area contributed by atoms with Crippen LogP contribution >= 0.6 is 0 Å². The zero-order chi connectivity index (χ0) is 21.4. The maximum Gasteiger partial charge on any atom is 0.338 e. The van der Waals surface area contributed by atoms with E-state index in [1.54, 1.807) is 32.0 Å². The predicted molar refractivity (Wildman–Crippen MR) is 107 cm³/mol. The normalized spacial score (nSPS) is 10.3. The standard InChI is InChI=1S/C22H25FN2O4/c1-4-25(13-20(26)24-12-17-7-9-18(23)10-8-17)21(27)14-29-22(28)19-11-15(2)5-6-16(19)3/h5-11H,4,12-14H2,1-3H3,(H,24,26). The summed E-state index contributed by atoms with van der Waals surface area (Å²) in [4.78, 5) is 38.0. The molecule has 0 aliphatic heterocycles. The number of benzene rings is 2. The minimum absolute atomic E-state index is 0.155. The maximum atomic E-state index is 12.9. The molecule has 0 aliphatic rings. The minimum atomic E-state index is -0.573. The molecule has 154 valence electrons. The maximum absolute atomic E-state index is 12.9. The number of aryl methyl sites for hydroxylation is 2. The first kappa shape index (κ1) is 22.1. The highest BCUT2D eigenvalue weighted by Crippen LogP contribution is 2.12. The van der Waals surface area contributed by atoms with Gasteiger partial charge in [-0.25, -0.2) is 9.18 Å². The van der Waals surface area contributed by atoms with Crippen molar-refractivity contribution in [2.75, 3.05) is 19.7 Å². The lowest BCUT2D eigenvalue weighted by Crippen LogP contribution is -2.42. The molecule has 7 heteroatoms. The van der Waals surface area contributed by atoms with Crippen LogP contribution < -0.4 is 5.32 Å². The first-order chi connectivity index (χ1) is 13.8. The van der Waals surface area contributed by atoms with Gasteiger partial charge >= 0.3 is 5.97 Å². The van der Waals surface area contributed by atoms with Gasteiger partial charge in [0.15, 0.2) is 6.61 Å². The summed E-state index contributed by atoms with van der Waals surface area (Å²) >= 11 is 0. The molecule has 1 N–H and O–H groups in total. The van der Waals surface area contributed by atoms with Gasteiger partial charge in [-0.3, -0.25) is 9.59 Å². The Morgan fingerprint density at radius 2 is 1.76 bits per heavy atom. The number of carbonyl (C=O) groups is 3. The van der Waals surface area contributed by atoms with E-state index in [4.69, 9.17) is 4.74 Å². The van der Waals surface area contributed by atoms with Gasteiger partial charge in [-0.2, -0.15) is 0 Å². The Bertz CT molecular complexity index is 881. The Labute approximate surface area is 169 Å². The molecule has 0 saturated heterocycles. The second-order valence-corrected chi connectivity index (χ2v) is 6.71. The van der Waals surface area contributed by atoms with Crippen LogP contribution in [0.5, 0.6) is 0 Å². The number of nitrogens with one attached hydrogen (secondary N) is 1. The molecular weight excluding hydrogens is 375 g/mol. The van der Waals surface area contributed by atoms with Crippen molar-refractivity contribution < 1.29 is 23.5 Å². The van der Waals surface area contributed by atoms with Crippen molar-refractivity contribution in [3.8, 4) is 0 Å². The summed E-state index contributed by atoms with van der Waals surface area (Å²) in [6, 6.07) is 11.2. The largest absolute Gasteiger partial charge is 0.452 e. The van der Waals surface area contributed by atoms with Crippen molar-refractivity contribution in [2.45, 2.75) is 27.3 Å². The smallest absolute Gasteiger partial charge is 0.338 e. The average molecular weight is 400 g/mol. The van der Waals surface area contributed by atoms with E-state index in [2.05, 4.69) is 5.32 Å². The van der Waals surface area contributed by atoms with Crippen LogP contribution in [0.3, 0.4) is 0 Å². The number of carbonyl (C=O) groups excluding carboxylic acids is 3. The van der Waals surface area contributed by atoms with E-state index in [-0.39, 0.29) is 24.8 Å². The summed E-state index contributed by atoms with van der Waals surface area (Å²) in [5.41, 5.74) is 2.84. The van der Waals surface area contributed by atoms with E-state index in [1.807, 2.05) is 19.1 Å². The molecule has 0 aromatic heterocycles. The molecular formula is C22H25FN2O4. The van der Waals surface area contributed by atoms with Crippen molar-refractivity contribution in [1.82, 2.24) is 10.2 Å². The lowest BCUT2D eigenvalue weighted by molar-refractivity contribution is -0.138. The molecule has 6 nitrogen and oxygen atoms in total. The van der Waals surface area contributed by atoms with E-state index in [9.17, 15) is 18.8 Å². The third-order valence-corrected chi connectivity index (χ3v) is 4.41. The zero-order valence-corrected chi connectivity index (χ0v) is 16.8. The minimum Gasteiger partial charge on any atom is -0.452 e. The molecule has 0 spiro atoms. The predicted octanol–water partition coefficient (Wildman–Crippen LogP) is 2.76. The number of likely N-dealkylation sites (N-methyl/N-ethyl adjacent to an activating group) is 1. The van der Waals surface area contributed by atoms with Crippen LogP contribution in [-0.4, -0.2) is 42.4 Å². The number of halogens is 1. The third-order valence-electron chi connectivity index (χ3n) is 4.41. The van der Waals surface area contributed by atoms with E-state index in [1.165, 1.54) is 17.0 Å². The first-order valence-electron chi connectivity index (χ1n) is 9.33. The molecule has 29 heavy (non-hydrogen) atoms. The Morgan fingerprint density at radius 3 is 2.41 bits per heavy atom. The van der Waals surface area contributed by atoms with Gasteiger partial charge in [0.05, 0.1) is 12.1 Å². The lowest BCUT2D eigenvalue weighted by Gasteiger charge is -2.20. The molecule has 0 heterocycles. The van der Waals surface area contributed by atoms with E-state index in [0.717, 1.165) is 16.7 Å². The highest BCUT2D eigenvalue weighted by Gasteiger charge is 2.18. The SMILES string of the molecule is CCN(CC(=O)NCc1ccc(F)cc1)C(=O)COC(=O)c1cc(C)ccc1C. The van der Waals surface area contributed by atoms with Gasteiger partial charge in [-0.05, 0) is 50.1 Å². The van der Waals surface area contributed by atoms with Crippen LogP contribution in [0.1, 0.15) is 34.0 Å². The Kier molecular flexibility index (Phi) is 7.88. The van der Waals surface area contributed by atoms with Gasteiger partial charge in [0, 0.05) is 13.1 Å². The topological polar surface area (TPSA) is 75.7 Å². The van der Waals surface area contributed by atoms with Gasteiger partial charge < -0.3 is 15.0 Å². The molecule has 0 aliphatic carbocycles. The molecule has 0 atom stereocenters. The van der Waals surface area contributed by atoms with Crippen molar-refractivity contribution in [2.24, 2.45) is 0 Å². The number of ether oxygens (including phenoxy) is 1. The number of esters is 1. The summed E-state index contributed by atoms with van der Waals surface area (Å²) in [6.07, 6.45) is 0. The number of hydrogen-bond acceptors (Lipinski definition) is 4. The van der Waals surface area contributed by atoms with Crippen molar-refractivity contribution in [3.63, 3.8) is 0 Å². The van der Waals surface area contributed by atoms with Crippen LogP contribution in [0.2, 0.25) is 0 Å². The fourth-order valence-electron chi connectivity index (χ4n) is 2.66. The number of amides is 2. The number of nitrogens with zero attached hydrogens (tertiary/aromatic N) is 1. The molecule has 0 saturated carbocycles. The summed E-state index contributed by atoms with van der Waals surface area (Å²) in [5.74, 6) is -1.73. The zero-order valence-electron chi connectivity index (χ0n) is 16.8. The van der Waals surface area contributed by atoms with Gasteiger partial charge in [0.25, 0.3) is 5.91 Å². The summed E-state index contributed by atoms with van der Waals surface area (Å²) in [7, 11) is 0. The van der Waals surface area contributed by atoms with E-state index < -0.39 is 18.5 Å². The average Bonchev–Trinajstić information content (AvgIpc) is 2.71. The van der Waals surface area contributed by atoms with Crippen LogP contribution in [0.25, 0.3) is 0 Å². The molecule has 0 fully saturated rings. The van der Waals surface area contributed by atoms with Gasteiger partial charge in [0.1, 0.15) is 5.82 Å². The highest BCUT2D eigenvalue weighted by molar-refractivity contribution is 5.93. The molecule has 0 unspecified atom stereocenters. The van der Waals surface area contributed by atoms with Gasteiger partial charge in [-0.15, -0.1) is 0 Å². The molecule has 0 radical (unpaired) electrons. The van der Waals surface area contributed by atoms with E-state index >= 15 is 0 Å². The Morgan fingerprint density at radius 1 is 1.07 bits per heavy atom.